The first-order valence-corrected chi connectivity index (χ1v) is 8.60. The molecule has 2 unspecified atom stereocenters. The third-order valence-electron chi connectivity index (χ3n) is 3.89. The van der Waals surface area contributed by atoms with Crippen molar-refractivity contribution in [3.05, 3.63) is 52.5 Å². The number of hydrogen-bond acceptors (Lipinski definition) is 6. The molecule has 1 heterocycles. The molecule has 8 heteroatoms. The van der Waals surface area contributed by atoms with E-state index in [-0.39, 0.29) is 12.1 Å². The molecular weight excluding hydrogens is 386 g/mol. The van der Waals surface area contributed by atoms with Gasteiger partial charge in [-0.15, -0.1) is 0 Å². The van der Waals surface area contributed by atoms with Gasteiger partial charge in [-0.2, -0.15) is 5.53 Å². The fourth-order valence-electron chi connectivity index (χ4n) is 2.54. The van der Waals surface area contributed by atoms with Crippen LogP contribution in [0.4, 0.5) is 11.4 Å². The lowest BCUT2D eigenvalue weighted by Crippen LogP contribution is -2.47. The van der Waals surface area contributed by atoms with Crippen LogP contribution in [0.1, 0.15) is 5.56 Å². The van der Waals surface area contributed by atoms with Crippen molar-refractivity contribution in [1.29, 1.82) is 0 Å². The summed E-state index contributed by atoms with van der Waals surface area (Å²) >= 11 is 3.45. The van der Waals surface area contributed by atoms with Gasteiger partial charge >= 0.3 is 0 Å². The number of nitrogens with one attached hydrogen (secondary N) is 5. The van der Waals surface area contributed by atoms with E-state index in [9.17, 15) is 4.79 Å². The van der Waals surface area contributed by atoms with Crippen molar-refractivity contribution in [2.24, 2.45) is 0 Å². The summed E-state index contributed by atoms with van der Waals surface area (Å²) in [7, 11) is 1.62. The van der Waals surface area contributed by atoms with Crippen LogP contribution in [0.15, 0.2) is 46.9 Å². The molecule has 1 saturated heterocycles. The number of hydrogen-bond donors (Lipinski definition) is 5. The van der Waals surface area contributed by atoms with Crippen molar-refractivity contribution in [2.75, 3.05) is 17.7 Å². The van der Waals surface area contributed by atoms with Gasteiger partial charge in [0.2, 0.25) is 5.91 Å². The summed E-state index contributed by atoms with van der Waals surface area (Å²) in [6.07, 6.45) is -0.330. The fourth-order valence-corrected chi connectivity index (χ4v) is 2.78. The number of carbonyl (C=O) groups is 1. The second kappa shape index (κ2) is 7.83. The van der Waals surface area contributed by atoms with Crippen LogP contribution in [-0.4, -0.2) is 25.2 Å². The van der Waals surface area contributed by atoms with E-state index in [0.717, 1.165) is 27.2 Å². The number of rotatable bonds is 5. The molecule has 0 aliphatic carbocycles. The SMILES string of the molecule is COc1cccc(NC2NNNC2C(=O)Nc2ccc(Br)c(C)c2)c1. The van der Waals surface area contributed by atoms with Gasteiger partial charge in [0.05, 0.1) is 7.11 Å². The fraction of sp³-hybridized carbons (Fsp3) is 0.235. The van der Waals surface area contributed by atoms with Crippen molar-refractivity contribution in [1.82, 2.24) is 16.4 Å². The molecule has 132 valence electrons. The zero-order chi connectivity index (χ0) is 17.8. The zero-order valence-corrected chi connectivity index (χ0v) is 15.5. The van der Waals surface area contributed by atoms with Crippen LogP contribution in [0, 0.1) is 6.92 Å². The summed E-state index contributed by atoms with van der Waals surface area (Å²) in [6.45, 7) is 1.98. The van der Waals surface area contributed by atoms with Gasteiger partial charge in [0.15, 0.2) is 0 Å². The minimum absolute atomic E-state index is 0.153. The zero-order valence-electron chi connectivity index (χ0n) is 13.9. The summed E-state index contributed by atoms with van der Waals surface area (Å²) in [5.41, 5.74) is 11.4. The van der Waals surface area contributed by atoms with Crippen LogP contribution in [-0.2, 0) is 4.79 Å². The van der Waals surface area contributed by atoms with E-state index < -0.39 is 6.04 Å². The third kappa shape index (κ3) is 4.29. The Kier molecular flexibility index (Phi) is 5.54. The van der Waals surface area contributed by atoms with Gasteiger partial charge in [0.25, 0.3) is 0 Å². The van der Waals surface area contributed by atoms with Gasteiger partial charge in [-0.05, 0) is 42.8 Å². The van der Waals surface area contributed by atoms with Crippen LogP contribution in [0.25, 0.3) is 0 Å². The molecule has 2 aromatic carbocycles. The van der Waals surface area contributed by atoms with Crippen LogP contribution < -0.4 is 31.8 Å². The van der Waals surface area contributed by atoms with Gasteiger partial charge in [-0.25, -0.2) is 10.9 Å². The first kappa shape index (κ1) is 17.7. The summed E-state index contributed by atoms with van der Waals surface area (Å²) in [6, 6.07) is 12.7. The van der Waals surface area contributed by atoms with Gasteiger partial charge in [-0.1, -0.05) is 22.0 Å². The maximum absolute atomic E-state index is 12.6. The monoisotopic (exact) mass is 405 g/mol. The highest BCUT2D eigenvalue weighted by Gasteiger charge is 2.32. The molecule has 0 radical (unpaired) electrons. The van der Waals surface area contributed by atoms with Crippen LogP contribution in [0.2, 0.25) is 0 Å². The second-order valence-corrected chi connectivity index (χ2v) is 6.55. The summed E-state index contributed by atoms with van der Waals surface area (Å²) < 4.78 is 6.22. The molecule has 1 amide bonds. The maximum Gasteiger partial charge on any atom is 0.246 e. The second-order valence-electron chi connectivity index (χ2n) is 5.70. The number of methoxy groups -OCH3 is 1. The Bertz CT molecular complexity index is 770. The van der Waals surface area contributed by atoms with E-state index in [1.165, 1.54) is 0 Å². The van der Waals surface area contributed by atoms with Crippen LogP contribution in [0.5, 0.6) is 5.75 Å². The molecule has 5 N–H and O–H groups in total. The number of halogens is 1. The minimum Gasteiger partial charge on any atom is -0.497 e. The Balaban J connectivity index is 1.67. The van der Waals surface area contributed by atoms with Gasteiger partial charge < -0.3 is 15.4 Å². The standard InChI is InChI=1S/C17H20BrN5O2/c1-10-8-12(6-7-14(10)18)20-17(24)15-16(22-23-21-15)19-11-4-3-5-13(9-11)25-2/h3-9,15-16,19,21-23H,1-2H3,(H,20,24). The summed E-state index contributed by atoms with van der Waals surface area (Å²) in [5, 5.41) is 6.19. The normalized spacial score (nSPS) is 19.5. The molecule has 0 spiro atoms. The van der Waals surface area contributed by atoms with Crippen molar-refractivity contribution in [2.45, 2.75) is 19.1 Å². The predicted octanol–water partition coefficient (Wildman–Crippen LogP) is 2.12. The molecule has 1 aliphatic rings. The van der Waals surface area contributed by atoms with Crippen molar-refractivity contribution < 1.29 is 9.53 Å². The van der Waals surface area contributed by atoms with E-state index in [1.807, 2.05) is 49.4 Å². The topological polar surface area (TPSA) is 86.5 Å². The minimum atomic E-state index is -0.504. The Morgan fingerprint density at radius 3 is 2.76 bits per heavy atom. The highest BCUT2D eigenvalue weighted by atomic mass is 79.9. The summed E-state index contributed by atoms with van der Waals surface area (Å²) in [5.74, 6) is 0.592. The van der Waals surface area contributed by atoms with Crippen LogP contribution >= 0.6 is 15.9 Å². The molecule has 0 saturated carbocycles. The lowest BCUT2D eigenvalue weighted by Gasteiger charge is -2.20. The molecule has 0 aromatic heterocycles. The molecule has 25 heavy (non-hydrogen) atoms. The average molecular weight is 406 g/mol. The van der Waals surface area contributed by atoms with E-state index in [4.69, 9.17) is 4.74 Å². The van der Waals surface area contributed by atoms with E-state index in [0.29, 0.717) is 0 Å². The molecule has 1 aliphatic heterocycles. The van der Waals surface area contributed by atoms with E-state index >= 15 is 0 Å². The van der Waals surface area contributed by atoms with Crippen molar-refractivity contribution in [3.8, 4) is 5.75 Å². The summed E-state index contributed by atoms with van der Waals surface area (Å²) in [4.78, 5) is 12.6. The Morgan fingerprint density at radius 2 is 2.00 bits per heavy atom. The quantitative estimate of drug-likeness (QED) is 0.523. The molecular formula is C17H20BrN5O2. The number of hydrazine groups is 2. The third-order valence-corrected chi connectivity index (χ3v) is 4.78. The first-order valence-electron chi connectivity index (χ1n) is 7.80. The Morgan fingerprint density at radius 1 is 1.16 bits per heavy atom. The molecule has 2 aromatic rings. The lowest BCUT2D eigenvalue weighted by molar-refractivity contribution is -0.118. The van der Waals surface area contributed by atoms with E-state index in [1.54, 1.807) is 7.11 Å². The number of amides is 1. The average Bonchev–Trinajstić information content (AvgIpc) is 3.06. The van der Waals surface area contributed by atoms with Gasteiger partial charge in [-0.3, -0.25) is 4.79 Å². The highest BCUT2D eigenvalue weighted by molar-refractivity contribution is 9.10. The first-order chi connectivity index (χ1) is 12.1. The molecule has 1 fully saturated rings. The van der Waals surface area contributed by atoms with Gasteiger partial charge in [0.1, 0.15) is 18.0 Å². The Labute approximate surface area is 154 Å². The predicted molar refractivity (Wildman–Crippen MR) is 101 cm³/mol. The highest BCUT2D eigenvalue weighted by Crippen LogP contribution is 2.21. The van der Waals surface area contributed by atoms with Crippen molar-refractivity contribution >= 4 is 33.2 Å². The molecule has 2 atom stereocenters. The number of carbonyl (C=O) groups excluding carboxylic acids is 1. The molecule has 0 bridgehead atoms. The number of ether oxygens (including phenoxy) is 1. The van der Waals surface area contributed by atoms with Gasteiger partial charge in [0, 0.05) is 21.9 Å². The van der Waals surface area contributed by atoms with Crippen molar-refractivity contribution in [3.63, 3.8) is 0 Å². The maximum atomic E-state index is 12.6. The lowest BCUT2D eigenvalue weighted by atomic mass is 10.2. The smallest absolute Gasteiger partial charge is 0.246 e. The largest absolute Gasteiger partial charge is 0.497 e. The van der Waals surface area contributed by atoms with Crippen LogP contribution in [0.3, 0.4) is 0 Å². The molecule has 7 nitrogen and oxygen atoms in total. The number of aryl methyl sites for hydroxylation is 1. The van der Waals surface area contributed by atoms with E-state index in [2.05, 4.69) is 42.9 Å². The molecule has 3 rings (SSSR count). The number of anilines is 2. The Hall–Kier alpha value is -2.13. The number of benzene rings is 2.